The van der Waals surface area contributed by atoms with Crippen molar-refractivity contribution in [3.05, 3.63) is 58.3 Å². The van der Waals surface area contributed by atoms with Gasteiger partial charge in [0.15, 0.2) is 10.8 Å². The Morgan fingerprint density at radius 2 is 2.04 bits per heavy atom. The summed E-state index contributed by atoms with van der Waals surface area (Å²) in [4.78, 5) is 29.2. The molecule has 0 unspecified atom stereocenters. The van der Waals surface area contributed by atoms with E-state index in [9.17, 15) is 9.59 Å². The molecule has 0 fully saturated rings. The Labute approximate surface area is 166 Å². The molecule has 146 valence electrons. The van der Waals surface area contributed by atoms with Gasteiger partial charge in [-0.25, -0.2) is 4.98 Å². The molecule has 3 rings (SSSR count). The molecule has 2 amide bonds. The number of rotatable bonds is 7. The highest BCUT2D eigenvalue weighted by Gasteiger charge is 2.17. The number of amides is 2. The second kappa shape index (κ2) is 8.81. The first-order valence-corrected chi connectivity index (χ1v) is 9.48. The lowest BCUT2D eigenvalue weighted by Crippen LogP contribution is -2.22. The Balaban J connectivity index is 1.64. The second-order valence-electron chi connectivity index (χ2n) is 6.21. The van der Waals surface area contributed by atoms with Gasteiger partial charge in [0.2, 0.25) is 5.91 Å². The molecule has 8 heteroatoms. The number of aryl methyl sites for hydroxylation is 2. The molecule has 0 aliphatic heterocycles. The first-order valence-electron chi connectivity index (χ1n) is 8.66. The molecule has 0 aliphatic rings. The number of hydrogen-bond acceptors (Lipinski definition) is 6. The number of carbonyl (C=O) groups is 2. The lowest BCUT2D eigenvalue weighted by molar-refractivity contribution is -0.119. The van der Waals surface area contributed by atoms with Crippen molar-refractivity contribution < 1.29 is 18.7 Å². The zero-order chi connectivity index (χ0) is 20.1. The summed E-state index contributed by atoms with van der Waals surface area (Å²) in [5.41, 5.74) is 2.18. The third-order valence-electron chi connectivity index (χ3n) is 3.89. The quantitative estimate of drug-likeness (QED) is 0.634. The molecule has 28 heavy (non-hydrogen) atoms. The molecule has 2 N–H and O–H groups in total. The summed E-state index contributed by atoms with van der Waals surface area (Å²) < 4.78 is 10.4. The van der Waals surface area contributed by atoms with E-state index in [1.54, 1.807) is 13.0 Å². The SMILES string of the molecule is COCC(=O)Nc1cccc(CNC(=O)c2sc(-c3ccc(C)o3)nc2C)c1. The molecular weight excluding hydrogens is 378 g/mol. The van der Waals surface area contributed by atoms with Crippen molar-refractivity contribution in [2.45, 2.75) is 20.4 Å². The molecule has 0 radical (unpaired) electrons. The lowest BCUT2D eigenvalue weighted by atomic mass is 10.2. The van der Waals surface area contributed by atoms with Crippen LogP contribution in [-0.2, 0) is 16.1 Å². The number of nitrogens with one attached hydrogen (secondary N) is 2. The summed E-state index contributed by atoms with van der Waals surface area (Å²) in [6, 6.07) is 11.0. The van der Waals surface area contributed by atoms with Crippen molar-refractivity contribution in [2.75, 3.05) is 19.0 Å². The van der Waals surface area contributed by atoms with E-state index in [0.29, 0.717) is 33.6 Å². The van der Waals surface area contributed by atoms with Crippen molar-refractivity contribution in [1.29, 1.82) is 0 Å². The smallest absolute Gasteiger partial charge is 0.263 e. The van der Waals surface area contributed by atoms with Gasteiger partial charge >= 0.3 is 0 Å². The van der Waals surface area contributed by atoms with Gasteiger partial charge in [0.05, 0.1) is 5.69 Å². The van der Waals surface area contributed by atoms with Gasteiger partial charge < -0.3 is 19.8 Å². The summed E-state index contributed by atoms with van der Waals surface area (Å²) in [7, 11) is 1.46. The highest BCUT2D eigenvalue weighted by molar-refractivity contribution is 7.17. The number of ether oxygens (including phenoxy) is 1. The summed E-state index contributed by atoms with van der Waals surface area (Å²) >= 11 is 1.30. The van der Waals surface area contributed by atoms with Crippen molar-refractivity contribution >= 4 is 28.8 Å². The van der Waals surface area contributed by atoms with Gasteiger partial charge in [0.1, 0.15) is 17.2 Å². The van der Waals surface area contributed by atoms with Crippen LogP contribution in [-0.4, -0.2) is 30.5 Å². The fourth-order valence-corrected chi connectivity index (χ4v) is 3.56. The van der Waals surface area contributed by atoms with E-state index in [2.05, 4.69) is 15.6 Å². The third kappa shape index (κ3) is 4.85. The minimum atomic E-state index is -0.232. The second-order valence-corrected chi connectivity index (χ2v) is 7.21. The molecule has 0 saturated carbocycles. The lowest BCUT2D eigenvalue weighted by Gasteiger charge is -2.08. The number of hydrogen-bond donors (Lipinski definition) is 2. The molecule has 0 atom stereocenters. The van der Waals surface area contributed by atoms with Gasteiger partial charge in [-0.3, -0.25) is 9.59 Å². The van der Waals surface area contributed by atoms with E-state index in [1.165, 1.54) is 18.4 Å². The number of benzene rings is 1. The molecule has 3 aromatic rings. The Kier molecular flexibility index (Phi) is 6.23. The van der Waals surface area contributed by atoms with Gasteiger partial charge in [-0.2, -0.15) is 0 Å². The number of methoxy groups -OCH3 is 1. The van der Waals surface area contributed by atoms with Gasteiger partial charge in [0.25, 0.3) is 5.91 Å². The standard InChI is InChI=1S/C20H21N3O4S/c1-12-7-8-16(27-12)20-22-13(2)18(28-20)19(25)21-10-14-5-4-6-15(9-14)23-17(24)11-26-3/h4-9H,10-11H2,1-3H3,(H,21,25)(H,23,24). The number of nitrogens with zero attached hydrogens (tertiary/aromatic N) is 1. The maximum Gasteiger partial charge on any atom is 0.263 e. The summed E-state index contributed by atoms with van der Waals surface area (Å²) in [6.07, 6.45) is 0. The zero-order valence-corrected chi connectivity index (χ0v) is 16.7. The summed E-state index contributed by atoms with van der Waals surface area (Å²) in [5.74, 6) is 1.03. The molecule has 0 aliphatic carbocycles. The van der Waals surface area contributed by atoms with E-state index < -0.39 is 0 Å². The van der Waals surface area contributed by atoms with Crippen LogP contribution in [0.25, 0.3) is 10.8 Å². The molecular formula is C20H21N3O4S. The predicted molar refractivity (Wildman–Crippen MR) is 107 cm³/mol. The van der Waals surface area contributed by atoms with Gasteiger partial charge in [-0.15, -0.1) is 11.3 Å². The van der Waals surface area contributed by atoms with E-state index in [4.69, 9.17) is 9.15 Å². The normalized spacial score (nSPS) is 10.7. The van der Waals surface area contributed by atoms with Crippen molar-refractivity contribution in [3.63, 3.8) is 0 Å². The predicted octanol–water partition coefficient (Wildman–Crippen LogP) is 3.53. The Bertz CT molecular complexity index is 993. The maximum absolute atomic E-state index is 12.6. The molecule has 0 spiro atoms. The fourth-order valence-electron chi connectivity index (χ4n) is 2.61. The first-order chi connectivity index (χ1) is 13.5. The largest absolute Gasteiger partial charge is 0.459 e. The maximum atomic E-state index is 12.6. The Hall–Kier alpha value is -2.97. The van der Waals surface area contributed by atoms with E-state index in [-0.39, 0.29) is 18.4 Å². The zero-order valence-electron chi connectivity index (χ0n) is 15.9. The highest BCUT2D eigenvalue weighted by Crippen LogP contribution is 2.29. The van der Waals surface area contributed by atoms with Gasteiger partial charge in [-0.1, -0.05) is 12.1 Å². The molecule has 0 saturated heterocycles. The molecule has 7 nitrogen and oxygen atoms in total. The molecule has 1 aromatic carbocycles. The molecule has 2 heterocycles. The average molecular weight is 399 g/mol. The minimum Gasteiger partial charge on any atom is -0.459 e. The summed E-state index contributed by atoms with van der Waals surface area (Å²) in [5, 5.41) is 6.31. The van der Waals surface area contributed by atoms with Crippen LogP contribution < -0.4 is 10.6 Å². The van der Waals surface area contributed by atoms with Gasteiger partial charge in [0, 0.05) is 19.3 Å². The van der Waals surface area contributed by atoms with Crippen LogP contribution in [0.2, 0.25) is 0 Å². The highest BCUT2D eigenvalue weighted by atomic mass is 32.1. The van der Waals surface area contributed by atoms with Crippen LogP contribution in [0.5, 0.6) is 0 Å². The van der Waals surface area contributed by atoms with Gasteiger partial charge in [-0.05, 0) is 43.7 Å². The molecule has 0 bridgehead atoms. The molecule has 2 aromatic heterocycles. The van der Waals surface area contributed by atoms with Crippen molar-refractivity contribution in [1.82, 2.24) is 10.3 Å². The number of carbonyl (C=O) groups excluding carboxylic acids is 2. The minimum absolute atomic E-state index is 0.0108. The monoisotopic (exact) mass is 399 g/mol. The third-order valence-corrected chi connectivity index (χ3v) is 5.06. The van der Waals surface area contributed by atoms with Crippen LogP contribution >= 0.6 is 11.3 Å². The Morgan fingerprint density at radius 3 is 2.75 bits per heavy atom. The van der Waals surface area contributed by atoms with E-state index in [1.807, 2.05) is 37.3 Å². The fraction of sp³-hybridized carbons (Fsp3) is 0.250. The number of anilines is 1. The first kappa shape index (κ1) is 19.8. The number of thiazole rings is 1. The average Bonchev–Trinajstić information content (AvgIpc) is 3.26. The van der Waals surface area contributed by atoms with E-state index >= 15 is 0 Å². The van der Waals surface area contributed by atoms with Crippen LogP contribution in [0.1, 0.15) is 26.7 Å². The van der Waals surface area contributed by atoms with Crippen molar-refractivity contribution in [2.24, 2.45) is 0 Å². The number of furan rings is 1. The topological polar surface area (TPSA) is 93.5 Å². The Morgan fingerprint density at radius 1 is 1.21 bits per heavy atom. The van der Waals surface area contributed by atoms with E-state index in [0.717, 1.165) is 11.3 Å². The number of aromatic nitrogens is 1. The van der Waals surface area contributed by atoms with Crippen molar-refractivity contribution in [3.8, 4) is 10.8 Å². The van der Waals surface area contributed by atoms with Crippen LogP contribution in [0.15, 0.2) is 40.8 Å². The van der Waals surface area contributed by atoms with Crippen LogP contribution in [0, 0.1) is 13.8 Å². The van der Waals surface area contributed by atoms with Crippen LogP contribution in [0.4, 0.5) is 5.69 Å². The summed E-state index contributed by atoms with van der Waals surface area (Å²) in [6.45, 7) is 3.99. The van der Waals surface area contributed by atoms with Crippen LogP contribution in [0.3, 0.4) is 0 Å².